The van der Waals surface area contributed by atoms with Crippen LogP contribution >= 0.6 is 55.0 Å². The summed E-state index contributed by atoms with van der Waals surface area (Å²) in [6, 6.07) is 1.86. The van der Waals surface area contributed by atoms with Gasteiger partial charge in [0.15, 0.2) is 5.78 Å². The van der Waals surface area contributed by atoms with E-state index in [0.717, 1.165) is 18.9 Å². The molecule has 0 unspecified atom stereocenters. The first-order valence-electron chi connectivity index (χ1n) is 4.20. The molecule has 0 bridgehead atoms. The Hall–Kier alpha value is 0.640. The molecule has 1 aromatic rings. The molecule has 0 aliphatic heterocycles. The van der Waals surface area contributed by atoms with Crippen LogP contribution in [-0.2, 0) is 4.74 Å². The van der Waals surface area contributed by atoms with Gasteiger partial charge in [0.25, 0.3) is 0 Å². The zero-order valence-corrected chi connectivity index (χ0v) is 12.9. The van der Waals surface area contributed by atoms with Crippen molar-refractivity contribution < 1.29 is 9.53 Å². The number of carbonyl (C=O) groups excluding carboxylic acids is 1. The number of thiophene rings is 1. The van der Waals surface area contributed by atoms with Crippen molar-refractivity contribution in [3.8, 4) is 0 Å². The number of methoxy groups -OCH3 is 1. The number of rotatable bonds is 6. The van der Waals surface area contributed by atoms with Gasteiger partial charge in [-0.15, -0.1) is 11.3 Å². The SMILES string of the molecule is COCCSCC(=O)c1cc(Br)sc1Br. The molecule has 0 saturated heterocycles. The fraction of sp³-hybridized carbons (Fsp3) is 0.444. The minimum Gasteiger partial charge on any atom is -0.384 e. The summed E-state index contributed by atoms with van der Waals surface area (Å²) in [5.74, 6) is 1.51. The number of Topliss-reactive ketones (excluding diaryl/α,β-unsaturated/α-hetero) is 1. The third-order valence-corrected chi connectivity index (χ3v) is 4.88. The summed E-state index contributed by atoms with van der Waals surface area (Å²) >= 11 is 9.84. The summed E-state index contributed by atoms with van der Waals surface area (Å²) in [7, 11) is 1.66. The van der Waals surface area contributed by atoms with Gasteiger partial charge in [0.1, 0.15) is 0 Å². The van der Waals surface area contributed by atoms with Crippen molar-refractivity contribution in [1.29, 1.82) is 0 Å². The number of hydrogen-bond acceptors (Lipinski definition) is 4. The molecule has 0 aliphatic carbocycles. The van der Waals surface area contributed by atoms with Crippen LogP contribution in [0, 0.1) is 0 Å². The first-order valence-corrected chi connectivity index (χ1v) is 7.75. The van der Waals surface area contributed by atoms with Gasteiger partial charge in [-0.05, 0) is 37.9 Å². The van der Waals surface area contributed by atoms with Gasteiger partial charge in [-0.3, -0.25) is 4.79 Å². The van der Waals surface area contributed by atoms with Crippen LogP contribution in [-0.4, -0.2) is 31.0 Å². The maximum Gasteiger partial charge on any atom is 0.174 e. The van der Waals surface area contributed by atoms with Crippen LogP contribution in [0.1, 0.15) is 10.4 Å². The molecule has 84 valence electrons. The Morgan fingerprint density at radius 2 is 2.33 bits per heavy atom. The maximum absolute atomic E-state index is 11.7. The van der Waals surface area contributed by atoms with Crippen LogP contribution in [0.2, 0.25) is 0 Å². The summed E-state index contributed by atoms with van der Waals surface area (Å²) in [5, 5.41) is 0. The number of carbonyl (C=O) groups is 1. The molecule has 0 amide bonds. The van der Waals surface area contributed by atoms with Gasteiger partial charge < -0.3 is 4.74 Å². The van der Waals surface area contributed by atoms with E-state index in [9.17, 15) is 4.79 Å². The largest absolute Gasteiger partial charge is 0.384 e. The van der Waals surface area contributed by atoms with E-state index >= 15 is 0 Å². The zero-order valence-electron chi connectivity index (χ0n) is 8.09. The van der Waals surface area contributed by atoms with Crippen LogP contribution in [0.3, 0.4) is 0 Å². The maximum atomic E-state index is 11.7. The van der Waals surface area contributed by atoms with Crippen molar-refractivity contribution >= 4 is 60.7 Å². The lowest BCUT2D eigenvalue weighted by molar-refractivity contribution is 0.102. The van der Waals surface area contributed by atoms with Crippen molar-refractivity contribution in [2.24, 2.45) is 0 Å². The molecule has 1 aromatic heterocycles. The Balaban J connectivity index is 2.43. The van der Waals surface area contributed by atoms with Crippen LogP contribution in [0.25, 0.3) is 0 Å². The third kappa shape index (κ3) is 4.56. The van der Waals surface area contributed by atoms with Crippen LogP contribution < -0.4 is 0 Å². The fourth-order valence-corrected chi connectivity index (χ4v) is 4.54. The number of halogens is 2. The number of ketones is 1. The number of thioether (sulfide) groups is 1. The van der Waals surface area contributed by atoms with Crippen molar-refractivity contribution in [1.82, 2.24) is 0 Å². The van der Waals surface area contributed by atoms with Crippen molar-refractivity contribution in [3.63, 3.8) is 0 Å². The number of hydrogen-bond donors (Lipinski definition) is 0. The number of ether oxygens (including phenoxy) is 1. The third-order valence-electron chi connectivity index (χ3n) is 1.62. The molecule has 0 saturated carbocycles. The van der Waals surface area contributed by atoms with Crippen molar-refractivity contribution in [3.05, 3.63) is 19.2 Å². The highest BCUT2D eigenvalue weighted by molar-refractivity contribution is 9.12. The molecule has 6 heteroatoms. The van der Waals surface area contributed by atoms with Gasteiger partial charge in [0.2, 0.25) is 0 Å². The van der Waals surface area contributed by atoms with Gasteiger partial charge in [-0.25, -0.2) is 0 Å². The molecule has 0 spiro atoms. The lowest BCUT2D eigenvalue weighted by atomic mass is 10.2. The quantitative estimate of drug-likeness (QED) is 0.559. The molecule has 0 aromatic carbocycles. The Bertz CT molecular complexity index is 339. The van der Waals surface area contributed by atoms with Gasteiger partial charge in [-0.2, -0.15) is 11.8 Å². The molecule has 1 rings (SSSR count). The first-order chi connectivity index (χ1) is 7.15. The normalized spacial score (nSPS) is 10.6. The minimum atomic E-state index is 0.157. The molecular formula is C9H10Br2O2S2. The van der Waals surface area contributed by atoms with E-state index in [1.54, 1.807) is 18.9 Å². The molecule has 0 radical (unpaired) electrons. The Morgan fingerprint density at radius 3 is 2.87 bits per heavy atom. The van der Waals surface area contributed by atoms with Gasteiger partial charge >= 0.3 is 0 Å². The highest BCUT2D eigenvalue weighted by Gasteiger charge is 2.13. The van der Waals surface area contributed by atoms with Gasteiger partial charge in [0, 0.05) is 18.4 Å². The Kier molecular flexibility index (Phi) is 6.45. The summed E-state index contributed by atoms with van der Waals surface area (Å²) < 4.78 is 6.78. The summed E-state index contributed by atoms with van der Waals surface area (Å²) in [4.78, 5) is 11.7. The molecule has 0 N–H and O–H groups in total. The fourth-order valence-electron chi connectivity index (χ4n) is 0.915. The molecule has 2 nitrogen and oxygen atoms in total. The van der Waals surface area contributed by atoms with E-state index in [1.165, 1.54) is 11.3 Å². The molecule has 0 fully saturated rings. The predicted octanol–water partition coefficient (Wildman–Crippen LogP) is 3.84. The average Bonchev–Trinajstić information content (AvgIpc) is 2.52. The van der Waals surface area contributed by atoms with Crippen LogP contribution in [0.15, 0.2) is 13.6 Å². The van der Waals surface area contributed by atoms with E-state index in [-0.39, 0.29) is 5.78 Å². The second kappa shape index (κ2) is 7.06. The minimum absolute atomic E-state index is 0.157. The Morgan fingerprint density at radius 1 is 1.60 bits per heavy atom. The average molecular weight is 374 g/mol. The summed E-state index contributed by atoms with van der Waals surface area (Å²) in [5.41, 5.74) is 0.761. The molecule has 1 heterocycles. The standard InChI is InChI=1S/C9H10Br2O2S2/c1-13-2-3-14-5-7(12)6-4-8(10)15-9(6)11/h4H,2-3,5H2,1H3. The highest BCUT2D eigenvalue weighted by atomic mass is 79.9. The Labute approximate surface area is 114 Å². The predicted molar refractivity (Wildman–Crippen MR) is 73.3 cm³/mol. The molecule has 0 aliphatic rings. The van der Waals surface area contributed by atoms with E-state index in [1.807, 2.05) is 6.07 Å². The van der Waals surface area contributed by atoms with E-state index in [2.05, 4.69) is 31.9 Å². The van der Waals surface area contributed by atoms with E-state index < -0.39 is 0 Å². The van der Waals surface area contributed by atoms with Gasteiger partial charge in [-0.1, -0.05) is 0 Å². The lowest BCUT2D eigenvalue weighted by Gasteiger charge is -1.99. The molecule has 0 atom stereocenters. The topological polar surface area (TPSA) is 26.3 Å². The van der Waals surface area contributed by atoms with Crippen LogP contribution in [0.5, 0.6) is 0 Å². The van der Waals surface area contributed by atoms with E-state index in [4.69, 9.17) is 4.74 Å². The molecular weight excluding hydrogens is 364 g/mol. The van der Waals surface area contributed by atoms with Crippen molar-refractivity contribution in [2.75, 3.05) is 25.2 Å². The first kappa shape index (κ1) is 13.7. The van der Waals surface area contributed by atoms with E-state index in [0.29, 0.717) is 12.4 Å². The van der Waals surface area contributed by atoms with Crippen LogP contribution in [0.4, 0.5) is 0 Å². The highest BCUT2D eigenvalue weighted by Crippen LogP contribution is 2.32. The second-order valence-corrected chi connectivity index (χ2v) is 7.56. The lowest BCUT2D eigenvalue weighted by Crippen LogP contribution is -2.03. The summed E-state index contributed by atoms with van der Waals surface area (Å²) in [6.45, 7) is 0.687. The van der Waals surface area contributed by atoms with Gasteiger partial charge in [0.05, 0.1) is 19.9 Å². The summed E-state index contributed by atoms with van der Waals surface area (Å²) in [6.07, 6.45) is 0. The second-order valence-electron chi connectivity index (χ2n) is 2.71. The molecule has 15 heavy (non-hydrogen) atoms. The smallest absolute Gasteiger partial charge is 0.174 e. The monoisotopic (exact) mass is 372 g/mol. The van der Waals surface area contributed by atoms with Crippen molar-refractivity contribution in [2.45, 2.75) is 0 Å². The zero-order chi connectivity index (χ0) is 11.3.